The van der Waals surface area contributed by atoms with Gasteiger partial charge in [0.15, 0.2) is 0 Å². The van der Waals surface area contributed by atoms with Crippen molar-refractivity contribution in [2.45, 2.75) is 13.8 Å². The Kier molecular flexibility index (Phi) is 160. The van der Waals surface area contributed by atoms with Gasteiger partial charge in [0.05, 0.1) is 0 Å². The van der Waals surface area contributed by atoms with Gasteiger partial charge in [0.2, 0.25) is 0 Å². The largest absolute Gasteiger partial charge is 1.00 e. The van der Waals surface area contributed by atoms with E-state index < -0.39 is 8.25 Å². The quantitative estimate of drug-likeness (QED) is 0.260. The van der Waals surface area contributed by atoms with Crippen LogP contribution in [0.4, 0.5) is 0 Å². The Bertz CT molecular complexity index is 94.9. The standard InChI is InChI=1S/2C3H6.CH5N.2Na.H3O3P/c2*1-3-2;1-2;;;1-4(2)3/h2*3H,1H2,2H3;2H2,1H3;;;4H,(H2,1,2,3)/q;;;2*+1;/p-2. The van der Waals surface area contributed by atoms with Crippen LogP contribution in [-0.4, -0.2) is 7.05 Å². The molecule has 4 nitrogen and oxygen atoms in total. The molecule has 0 radical (unpaired) electrons. The fourth-order valence-corrected chi connectivity index (χ4v) is 0. The van der Waals surface area contributed by atoms with Crippen molar-refractivity contribution in [1.82, 2.24) is 0 Å². The van der Waals surface area contributed by atoms with Crippen molar-refractivity contribution < 1.29 is 73.5 Å². The van der Waals surface area contributed by atoms with E-state index in [0.717, 1.165) is 0 Å². The van der Waals surface area contributed by atoms with E-state index in [9.17, 15) is 0 Å². The van der Waals surface area contributed by atoms with E-state index in [2.05, 4.69) is 18.9 Å². The normalized spacial score (nSPS) is 4.79. The van der Waals surface area contributed by atoms with Gasteiger partial charge in [-0.1, -0.05) is 20.4 Å². The molecule has 0 aliphatic carbocycles. The van der Waals surface area contributed by atoms with Crippen molar-refractivity contribution in [3.8, 4) is 0 Å². The van der Waals surface area contributed by atoms with Crippen LogP contribution in [-0.2, 0) is 4.57 Å². The van der Waals surface area contributed by atoms with Crippen LogP contribution in [0.2, 0.25) is 0 Å². The molecule has 0 atom stereocenters. The molecule has 14 heavy (non-hydrogen) atoms. The molecule has 0 unspecified atom stereocenters. The molecule has 0 fully saturated rings. The predicted octanol–water partition coefficient (Wildman–Crippen LogP) is -5.94. The summed E-state index contributed by atoms with van der Waals surface area (Å²) in [5.41, 5.74) is 4.50. The first-order valence-electron chi connectivity index (χ1n) is 3.16. The first-order valence-corrected chi connectivity index (χ1v) is 4.39. The zero-order chi connectivity index (χ0) is 11.0. The van der Waals surface area contributed by atoms with Gasteiger partial charge >= 0.3 is 59.1 Å². The maximum Gasteiger partial charge on any atom is 1.00 e. The third-order valence-electron chi connectivity index (χ3n) is 0. The van der Waals surface area contributed by atoms with E-state index in [1.54, 1.807) is 12.2 Å². The van der Waals surface area contributed by atoms with Gasteiger partial charge in [-0.25, -0.2) is 0 Å². The van der Waals surface area contributed by atoms with E-state index in [0.29, 0.717) is 0 Å². The molecule has 0 rings (SSSR count). The van der Waals surface area contributed by atoms with Crippen molar-refractivity contribution in [3.05, 3.63) is 25.3 Å². The molecular weight excluding hydrogens is 223 g/mol. The Morgan fingerprint density at radius 3 is 1.07 bits per heavy atom. The fraction of sp³-hybridized carbons (Fsp3) is 0.429. The van der Waals surface area contributed by atoms with Crippen LogP contribution in [0.3, 0.4) is 0 Å². The van der Waals surface area contributed by atoms with Crippen molar-refractivity contribution in [2.75, 3.05) is 7.05 Å². The average molecular weight is 241 g/mol. The van der Waals surface area contributed by atoms with Crippen LogP contribution < -0.4 is 74.6 Å². The molecule has 0 heterocycles. The summed E-state index contributed by atoms with van der Waals surface area (Å²) in [6, 6.07) is 0. The van der Waals surface area contributed by atoms with Crippen LogP contribution in [0, 0.1) is 0 Å². The van der Waals surface area contributed by atoms with E-state index in [-0.39, 0.29) is 59.1 Å². The molecule has 0 saturated carbocycles. The number of allylic oxidation sites excluding steroid dienone is 2. The second-order valence-electron chi connectivity index (χ2n) is 1.07. The van der Waals surface area contributed by atoms with Crippen LogP contribution in [0.5, 0.6) is 0 Å². The Hall–Kier alpha value is 1.59. The zero-order valence-corrected chi connectivity index (χ0v) is 14.9. The minimum atomic E-state index is -3.63. The molecule has 0 aromatic carbocycles. The van der Waals surface area contributed by atoms with Gasteiger partial charge < -0.3 is 20.1 Å². The predicted molar refractivity (Wildman–Crippen MR) is 50.9 cm³/mol. The van der Waals surface area contributed by atoms with E-state index >= 15 is 0 Å². The molecule has 76 valence electrons. The molecule has 0 aliphatic rings. The Morgan fingerprint density at radius 1 is 1.07 bits per heavy atom. The zero-order valence-electron chi connectivity index (χ0n) is 9.87. The molecule has 0 aromatic heterocycles. The molecule has 0 aromatic rings. The smallest absolute Gasteiger partial charge is 0.813 e. The molecule has 0 amide bonds. The maximum absolute atomic E-state index is 8.52. The monoisotopic (exact) mass is 241 g/mol. The van der Waals surface area contributed by atoms with Gasteiger partial charge in [-0.05, 0) is 20.9 Å². The van der Waals surface area contributed by atoms with Crippen molar-refractivity contribution in [2.24, 2.45) is 5.73 Å². The maximum atomic E-state index is 8.52. The minimum absolute atomic E-state index is 0. The summed E-state index contributed by atoms with van der Waals surface area (Å²) >= 11 is 0. The Morgan fingerprint density at radius 2 is 1.07 bits per heavy atom. The second-order valence-corrected chi connectivity index (χ2v) is 1.57. The average Bonchev–Trinajstić information content (AvgIpc) is 1.92. The summed E-state index contributed by atoms with van der Waals surface area (Å²) in [5, 5.41) is 0. The molecule has 7 heteroatoms. The van der Waals surface area contributed by atoms with Crippen LogP contribution in [0.15, 0.2) is 25.3 Å². The second kappa shape index (κ2) is 62.0. The van der Waals surface area contributed by atoms with Crippen molar-refractivity contribution in [1.29, 1.82) is 0 Å². The fourth-order valence-electron chi connectivity index (χ4n) is 0. The summed E-state index contributed by atoms with van der Waals surface area (Å²) < 4.78 is 8.52. The first-order chi connectivity index (χ1) is 5.56. The Labute approximate surface area is 132 Å². The molecule has 0 spiro atoms. The molecule has 2 N–H and O–H groups in total. The van der Waals surface area contributed by atoms with E-state index in [4.69, 9.17) is 14.4 Å². The summed E-state index contributed by atoms with van der Waals surface area (Å²) in [5.74, 6) is 0. The van der Waals surface area contributed by atoms with Gasteiger partial charge in [0, 0.05) is 0 Å². The van der Waals surface area contributed by atoms with E-state index in [1.807, 2.05) is 13.8 Å². The third-order valence-corrected chi connectivity index (χ3v) is 0. The number of nitrogens with two attached hydrogens (primary N) is 1. The molecular formula is C7H18NNa2O3P. The van der Waals surface area contributed by atoms with Gasteiger partial charge in [-0.15, -0.1) is 13.2 Å². The summed E-state index contributed by atoms with van der Waals surface area (Å²) in [6.45, 7) is 10.5. The summed E-state index contributed by atoms with van der Waals surface area (Å²) in [6.07, 6.45) is 3.50. The van der Waals surface area contributed by atoms with E-state index in [1.165, 1.54) is 7.05 Å². The molecule has 0 saturated heterocycles. The van der Waals surface area contributed by atoms with Crippen LogP contribution in [0.1, 0.15) is 13.8 Å². The van der Waals surface area contributed by atoms with Gasteiger partial charge in [-0.2, -0.15) is 0 Å². The first kappa shape index (κ1) is 36.1. The van der Waals surface area contributed by atoms with Crippen molar-refractivity contribution >= 4 is 8.25 Å². The third kappa shape index (κ3) is 852. The van der Waals surface area contributed by atoms with Crippen LogP contribution >= 0.6 is 8.25 Å². The number of rotatable bonds is 0. The van der Waals surface area contributed by atoms with Crippen LogP contribution in [0.25, 0.3) is 0 Å². The van der Waals surface area contributed by atoms with Gasteiger partial charge in [0.25, 0.3) is 0 Å². The number of hydrogen-bond acceptors (Lipinski definition) is 4. The Balaban J connectivity index is -0.0000000149. The van der Waals surface area contributed by atoms with Gasteiger partial charge in [0.1, 0.15) is 0 Å². The topological polar surface area (TPSA) is 89.2 Å². The van der Waals surface area contributed by atoms with Crippen molar-refractivity contribution in [3.63, 3.8) is 0 Å². The summed E-state index contributed by atoms with van der Waals surface area (Å²) in [4.78, 5) is 17.0. The SMILES string of the molecule is C=CC.C=CC.CN.O=[PH]([O-])[O-].[Na+].[Na+]. The van der Waals surface area contributed by atoms with Gasteiger partial charge in [-0.3, -0.25) is 0 Å². The molecule has 0 aliphatic heterocycles. The summed E-state index contributed by atoms with van der Waals surface area (Å²) in [7, 11) is -2.13. The number of hydrogen-bond donors (Lipinski definition) is 1. The molecule has 0 bridgehead atoms. The minimum Gasteiger partial charge on any atom is -0.813 e.